The van der Waals surface area contributed by atoms with Gasteiger partial charge in [-0.05, 0) is 30.0 Å². The molecule has 0 radical (unpaired) electrons. The van der Waals surface area contributed by atoms with E-state index < -0.39 is 0 Å². The van der Waals surface area contributed by atoms with Gasteiger partial charge in [0.25, 0.3) is 0 Å². The van der Waals surface area contributed by atoms with E-state index in [1.165, 1.54) is 5.56 Å². The molecule has 106 valence electrons. The van der Waals surface area contributed by atoms with Crippen LogP contribution in [0.2, 0.25) is 0 Å². The summed E-state index contributed by atoms with van der Waals surface area (Å²) >= 11 is 0. The molecule has 1 heterocycles. The highest BCUT2D eigenvalue weighted by Gasteiger charge is 2.13. The highest BCUT2D eigenvalue weighted by atomic mass is 15.2. The first-order valence-corrected chi connectivity index (χ1v) is 6.92. The van der Waals surface area contributed by atoms with E-state index in [0.29, 0.717) is 0 Å². The Balaban J connectivity index is 2.20. The summed E-state index contributed by atoms with van der Waals surface area (Å²) in [5.41, 5.74) is 3.56. The van der Waals surface area contributed by atoms with Gasteiger partial charge in [0.2, 0.25) is 5.95 Å². The van der Waals surface area contributed by atoms with Crippen molar-refractivity contribution in [2.24, 2.45) is 0 Å². The Morgan fingerprint density at radius 3 is 2.45 bits per heavy atom. The van der Waals surface area contributed by atoms with Crippen LogP contribution in [-0.2, 0) is 12.0 Å². The Morgan fingerprint density at radius 1 is 1.25 bits per heavy atom. The zero-order valence-corrected chi connectivity index (χ0v) is 12.8. The number of aromatic nitrogens is 2. The summed E-state index contributed by atoms with van der Waals surface area (Å²) in [6.07, 6.45) is 3.89. The van der Waals surface area contributed by atoms with Crippen molar-refractivity contribution in [3.05, 3.63) is 54.4 Å². The summed E-state index contributed by atoms with van der Waals surface area (Å²) in [5.74, 6) is 0.853. The molecule has 2 rings (SSSR count). The Hall–Kier alpha value is -2.03. The normalized spacial score (nSPS) is 11.4. The van der Waals surface area contributed by atoms with Crippen LogP contribution in [-0.4, -0.2) is 9.55 Å². The number of benzene rings is 1. The molecule has 0 unspecified atom stereocenters. The van der Waals surface area contributed by atoms with Crippen LogP contribution in [0.5, 0.6) is 0 Å². The Labute approximate surface area is 121 Å². The molecule has 0 saturated carbocycles. The van der Waals surface area contributed by atoms with Crippen molar-refractivity contribution in [3.8, 4) is 0 Å². The number of nitrogens with one attached hydrogen (secondary N) is 1. The molecule has 1 aromatic heterocycles. The third-order valence-corrected chi connectivity index (χ3v) is 3.23. The van der Waals surface area contributed by atoms with E-state index in [1.807, 2.05) is 19.2 Å². The fourth-order valence-electron chi connectivity index (χ4n) is 2.11. The van der Waals surface area contributed by atoms with Gasteiger partial charge in [-0.25, -0.2) is 4.98 Å². The molecule has 3 heteroatoms. The van der Waals surface area contributed by atoms with Gasteiger partial charge in [-0.15, -0.1) is 6.58 Å². The quantitative estimate of drug-likeness (QED) is 0.833. The molecule has 1 N–H and O–H groups in total. The molecule has 0 bridgehead atoms. The van der Waals surface area contributed by atoms with E-state index in [2.05, 4.69) is 66.5 Å². The fourth-order valence-corrected chi connectivity index (χ4v) is 2.11. The molecule has 0 amide bonds. The maximum atomic E-state index is 4.50. The standard InChI is InChI=1S/C17H23N3/c1-6-11-20-12-13(2)18-16(20)19-15-9-7-14(8-10-15)17(3,4)5/h6-10,12H,1,11H2,2-5H3,(H,18,19). The van der Waals surface area contributed by atoms with E-state index in [1.54, 1.807) is 0 Å². The summed E-state index contributed by atoms with van der Waals surface area (Å²) in [6.45, 7) is 13.2. The van der Waals surface area contributed by atoms with Gasteiger partial charge in [-0.2, -0.15) is 0 Å². The van der Waals surface area contributed by atoms with E-state index in [0.717, 1.165) is 23.9 Å². The smallest absolute Gasteiger partial charge is 0.207 e. The second kappa shape index (κ2) is 5.53. The van der Waals surface area contributed by atoms with E-state index in [9.17, 15) is 0 Å². The van der Waals surface area contributed by atoms with E-state index in [-0.39, 0.29) is 5.41 Å². The number of hydrogen-bond donors (Lipinski definition) is 1. The van der Waals surface area contributed by atoms with Crippen LogP contribution in [0.15, 0.2) is 43.1 Å². The zero-order valence-electron chi connectivity index (χ0n) is 12.8. The molecule has 0 spiro atoms. The van der Waals surface area contributed by atoms with E-state index >= 15 is 0 Å². The predicted octanol–water partition coefficient (Wildman–Crippen LogP) is 4.42. The molecular formula is C17H23N3. The monoisotopic (exact) mass is 269 g/mol. The molecule has 0 aliphatic rings. The lowest BCUT2D eigenvalue weighted by molar-refractivity contribution is 0.590. The minimum Gasteiger partial charge on any atom is -0.326 e. The number of aryl methyl sites for hydroxylation is 1. The van der Waals surface area contributed by atoms with Crippen molar-refractivity contribution >= 4 is 11.6 Å². The fraction of sp³-hybridized carbons (Fsp3) is 0.353. The van der Waals surface area contributed by atoms with Crippen molar-refractivity contribution in [1.29, 1.82) is 0 Å². The molecule has 0 aliphatic carbocycles. The largest absolute Gasteiger partial charge is 0.326 e. The second-order valence-electron chi connectivity index (χ2n) is 6.10. The van der Waals surface area contributed by atoms with Gasteiger partial charge in [-0.3, -0.25) is 0 Å². The number of rotatable bonds is 4. The topological polar surface area (TPSA) is 29.9 Å². The van der Waals surface area contributed by atoms with Gasteiger partial charge in [0.05, 0.1) is 5.69 Å². The van der Waals surface area contributed by atoms with Crippen LogP contribution in [0.4, 0.5) is 11.6 Å². The SMILES string of the molecule is C=CCn1cc(C)nc1Nc1ccc(C(C)(C)C)cc1. The second-order valence-corrected chi connectivity index (χ2v) is 6.10. The van der Waals surface area contributed by atoms with Gasteiger partial charge >= 0.3 is 0 Å². The minimum atomic E-state index is 0.177. The lowest BCUT2D eigenvalue weighted by atomic mass is 9.87. The van der Waals surface area contributed by atoms with Gasteiger partial charge in [0.15, 0.2) is 0 Å². The lowest BCUT2D eigenvalue weighted by Crippen LogP contribution is -2.10. The highest BCUT2D eigenvalue weighted by molar-refractivity contribution is 5.55. The number of hydrogen-bond acceptors (Lipinski definition) is 2. The number of imidazole rings is 1. The van der Waals surface area contributed by atoms with Gasteiger partial charge in [0, 0.05) is 18.4 Å². The van der Waals surface area contributed by atoms with Crippen LogP contribution >= 0.6 is 0 Å². The van der Waals surface area contributed by atoms with Crippen molar-refractivity contribution in [3.63, 3.8) is 0 Å². The van der Waals surface area contributed by atoms with E-state index in [4.69, 9.17) is 0 Å². The van der Waals surface area contributed by atoms with Gasteiger partial charge in [-0.1, -0.05) is 39.0 Å². The average molecular weight is 269 g/mol. The average Bonchev–Trinajstić information content (AvgIpc) is 2.69. The molecule has 2 aromatic rings. The number of allylic oxidation sites excluding steroid dienone is 1. The first-order chi connectivity index (χ1) is 9.40. The van der Waals surface area contributed by atoms with Crippen LogP contribution < -0.4 is 5.32 Å². The summed E-state index contributed by atoms with van der Waals surface area (Å²) in [6, 6.07) is 8.53. The lowest BCUT2D eigenvalue weighted by Gasteiger charge is -2.19. The summed E-state index contributed by atoms with van der Waals surface area (Å²) in [4.78, 5) is 4.50. The maximum absolute atomic E-state index is 4.50. The molecular weight excluding hydrogens is 246 g/mol. The zero-order chi connectivity index (χ0) is 14.8. The van der Waals surface area contributed by atoms with Crippen LogP contribution in [0, 0.1) is 6.92 Å². The van der Waals surface area contributed by atoms with Crippen LogP contribution in [0.1, 0.15) is 32.0 Å². The Morgan fingerprint density at radius 2 is 1.90 bits per heavy atom. The highest BCUT2D eigenvalue weighted by Crippen LogP contribution is 2.24. The molecule has 0 aliphatic heterocycles. The Bertz CT molecular complexity index is 586. The number of anilines is 2. The molecule has 0 atom stereocenters. The minimum absolute atomic E-state index is 0.177. The van der Waals surface area contributed by atoms with Crippen molar-refractivity contribution in [2.75, 3.05) is 5.32 Å². The first-order valence-electron chi connectivity index (χ1n) is 6.92. The third kappa shape index (κ3) is 3.29. The number of nitrogens with zero attached hydrogens (tertiary/aromatic N) is 2. The molecule has 0 saturated heterocycles. The summed E-state index contributed by atoms with van der Waals surface area (Å²) in [7, 11) is 0. The molecule has 0 fully saturated rings. The maximum Gasteiger partial charge on any atom is 0.207 e. The van der Waals surface area contributed by atoms with Crippen molar-refractivity contribution in [2.45, 2.75) is 39.7 Å². The molecule has 20 heavy (non-hydrogen) atoms. The third-order valence-electron chi connectivity index (χ3n) is 3.23. The van der Waals surface area contributed by atoms with Crippen molar-refractivity contribution in [1.82, 2.24) is 9.55 Å². The summed E-state index contributed by atoms with van der Waals surface area (Å²) < 4.78 is 2.06. The van der Waals surface area contributed by atoms with Crippen LogP contribution in [0.25, 0.3) is 0 Å². The van der Waals surface area contributed by atoms with Crippen LogP contribution in [0.3, 0.4) is 0 Å². The summed E-state index contributed by atoms with van der Waals surface area (Å²) in [5, 5.41) is 3.36. The van der Waals surface area contributed by atoms with Crippen molar-refractivity contribution < 1.29 is 0 Å². The Kier molecular flexibility index (Phi) is 3.98. The predicted molar refractivity (Wildman–Crippen MR) is 85.6 cm³/mol. The first kappa shape index (κ1) is 14.4. The molecule has 3 nitrogen and oxygen atoms in total. The molecule has 1 aromatic carbocycles. The van der Waals surface area contributed by atoms with Gasteiger partial charge in [0.1, 0.15) is 0 Å². The van der Waals surface area contributed by atoms with Gasteiger partial charge < -0.3 is 9.88 Å².